The first-order valence-electron chi connectivity index (χ1n) is 8.89. The topological polar surface area (TPSA) is 100 Å². The summed E-state index contributed by atoms with van der Waals surface area (Å²) < 4.78 is 5.48. The van der Waals surface area contributed by atoms with Crippen molar-refractivity contribution in [3.8, 4) is 5.75 Å². The Morgan fingerprint density at radius 3 is 2.69 bits per heavy atom. The average Bonchev–Trinajstić information content (AvgIpc) is 2.96. The summed E-state index contributed by atoms with van der Waals surface area (Å²) in [5.74, 6) is 1.29. The molecule has 8 heteroatoms. The number of nitrogens with one attached hydrogen (secondary N) is 1. The third kappa shape index (κ3) is 5.87. The lowest BCUT2D eigenvalue weighted by Crippen LogP contribution is -2.41. The molecule has 0 spiro atoms. The summed E-state index contributed by atoms with van der Waals surface area (Å²) in [5, 5.41) is 24.0. The summed E-state index contributed by atoms with van der Waals surface area (Å²) in [6, 6.07) is 5.78. The van der Waals surface area contributed by atoms with Gasteiger partial charge in [0.15, 0.2) is 5.96 Å². The maximum atomic E-state index is 10.6. The standard InChI is InChI=1S/C18H28N4O4/c1-4-19-17(21-10-9-18(2,3)13-21)20-11-15(23)12-26-16-7-5-14(6-8-16)22(24)25/h5-8,15,23H,4,9-13H2,1-3H3,(H,19,20). The van der Waals surface area contributed by atoms with Crippen LogP contribution in [0.2, 0.25) is 0 Å². The molecule has 0 aromatic heterocycles. The van der Waals surface area contributed by atoms with Crippen LogP contribution >= 0.6 is 0 Å². The normalized spacial score (nSPS) is 17.8. The van der Waals surface area contributed by atoms with Crippen molar-refractivity contribution in [3.63, 3.8) is 0 Å². The first-order chi connectivity index (χ1) is 12.3. The Hall–Kier alpha value is -2.35. The van der Waals surface area contributed by atoms with Crippen LogP contribution in [-0.2, 0) is 0 Å². The van der Waals surface area contributed by atoms with Crippen LogP contribution in [0.25, 0.3) is 0 Å². The van der Waals surface area contributed by atoms with E-state index >= 15 is 0 Å². The summed E-state index contributed by atoms with van der Waals surface area (Å²) in [4.78, 5) is 16.9. The van der Waals surface area contributed by atoms with Crippen LogP contribution in [0, 0.1) is 15.5 Å². The van der Waals surface area contributed by atoms with Crippen LogP contribution in [-0.4, -0.2) is 59.8 Å². The SMILES string of the molecule is CCNC(=NCC(O)COc1ccc([N+](=O)[O-])cc1)N1CCC(C)(C)C1. The third-order valence-electron chi connectivity index (χ3n) is 4.25. The molecule has 0 saturated carbocycles. The number of hydrogen-bond acceptors (Lipinski definition) is 5. The van der Waals surface area contributed by atoms with Crippen molar-refractivity contribution in [2.45, 2.75) is 33.3 Å². The van der Waals surface area contributed by atoms with Crippen LogP contribution in [0.5, 0.6) is 5.75 Å². The Bertz CT molecular complexity index is 631. The Kier molecular flexibility index (Phi) is 6.79. The zero-order valence-electron chi connectivity index (χ0n) is 15.6. The highest BCUT2D eigenvalue weighted by Gasteiger charge is 2.30. The molecule has 0 radical (unpaired) electrons. The highest BCUT2D eigenvalue weighted by molar-refractivity contribution is 5.80. The summed E-state index contributed by atoms with van der Waals surface area (Å²) in [5.41, 5.74) is 0.278. The maximum Gasteiger partial charge on any atom is 0.269 e. The molecule has 1 aliphatic heterocycles. The summed E-state index contributed by atoms with van der Waals surface area (Å²) in [6.45, 7) is 9.46. The van der Waals surface area contributed by atoms with Crippen molar-refractivity contribution in [2.24, 2.45) is 10.4 Å². The molecule has 0 aliphatic carbocycles. The van der Waals surface area contributed by atoms with Crippen molar-refractivity contribution in [1.82, 2.24) is 10.2 Å². The summed E-state index contributed by atoms with van der Waals surface area (Å²) in [6.07, 6.45) is 0.359. The van der Waals surface area contributed by atoms with E-state index in [2.05, 4.69) is 29.1 Å². The van der Waals surface area contributed by atoms with Crippen LogP contribution < -0.4 is 10.1 Å². The zero-order valence-corrected chi connectivity index (χ0v) is 15.6. The molecular formula is C18H28N4O4. The molecule has 1 saturated heterocycles. The molecule has 2 N–H and O–H groups in total. The van der Waals surface area contributed by atoms with Crippen molar-refractivity contribution in [1.29, 1.82) is 0 Å². The van der Waals surface area contributed by atoms with Gasteiger partial charge in [-0.25, -0.2) is 0 Å². The van der Waals surface area contributed by atoms with Gasteiger partial charge in [0.25, 0.3) is 5.69 Å². The first-order valence-corrected chi connectivity index (χ1v) is 8.89. The summed E-state index contributed by atoms with van der Waals surface area (Å²) in [7, 11) is 0. The Labute approximate surface area is 154 Å². The number of rotatable bonds is 7. The number of nitro groups is 1. The number of ether oxygens (including phenoxy) is 1. The number of hydrogen-bond donors (Lipinski definition) is 2. The van der Waals surface area contributed by atoms with Gasteiger partial charge in [0, 0.05) is 31.8 Å². The van der Waals surface area contributed by atoms with Crippen molar-refractivity contribution < 1.29 is 14.8 Å². The number of guanidine groups is 1. The van der Waals surface area contributed by atoms with Gasteiger partial charge in [-0.1, -0.05) is 13.8 Å². The zero-order chi connectivity index (χ0) is 19.2. The second-order valence-electron chi connectivity index (χ2n) is 7.25. The van der Waals surface area contributed by atoms with Crippen molar-refractivity contribution in [3.05, 3.63) is 34.4 Å². The molecule has 2 rings (SSSR count). The van der Waals surface area contributed by atoms with Crippen molar-refractivity contribution in [2.75, 3.05) is 32.8 Å². The van der Waals surface area contributed by atoms with E-state index in [9.17, 15) is 15.2 Å². The fraction of sp³-hybridized carbons (Fsp3) is 0.611. The molecule has 1 aromatic rings. The second kappa shape index (κ2) is 8.84. The van der Waals surface area contributed by atoms with Gasteiger partial charge >= 0.3 is 0 Å². The van der Waals surface area contributed by atoms with E-state index in [1.54, 1.807) is 0 Å². The fourth-order valence-electron chi connectivity index (χ4n) is 2.82. The highest BCUT2D eigenvalue weighted by Crippen LogP contribution is 2.28. The van der Waals surface area contributed by atoms with Gasteiger partial charge in [-0.2, -0.15) is 0 Å². The van der Waals surface area contributed by atoms with Crippen LogP contribution in [0.3, 0.4) is 0 Å². The lowest BCUT2D eigenvalue weighted by atomic mass is 9.93. The lowest BCUT2D eigenvalue weighted by Gasteiger charge is -2.24. The average molecular weight is 364 g/mol. The highest BCUT2D eigenvalue weighted by atomic mass is 16.6. The van der Waals surface area contributed by atoms with Crippen molar-refractivity contribution >= 4 is 11.6 Å². The number of nitrogens with zero attached hydrogens (tertiary/aromatic N) is 3. The third-order valence-corrected chi connectivity index (χ3v) is 4.25. The Morgan fingerprint density at radius 1 is 1.46 bits per heavy atom. The van der Waals surface area contributed by atoms with Gasteiger partial charge in [0.05, 0.1) is 11.5 Å². The number of aliphatic hydroxyl groups is 1. The molecule has 1 aromatic carbocycles. The molecule has 0 bridgehead atoms. The first kappa shape index (κ1) is 20.0. The fourth-order valence-corrected chi connectivity index (χ4v) is 2.82. The lowest BCUT2D eigenvalue weighted by molar-refractivity contribution is -0.384. The molecular weight excluding hydrogens is 336 g/mol. The minimum Gasteiger partial charge on any atom is -0.491 e. The largest absolute Gasteiger partial charge is 0.491 e. The minimum atomic E-state index is -0.755. The van der Waals surface area contributed by atoms with Gasteiger partial charge in [0.1, 0.15) is 18.5 Å². The monoisotopic (exact) mass is 364 g/mol. The number of aliphatic imine (C=N–C) groups is 1. The van der Waals surface area contributed by atoms with Gasteiger partial charge in [-0.3, -0.25) is 15.1 Å². The summed E-state index contributed by atoms with van der Waals surface area (Å²) >= 11 is 0. The van der Waals surface area contributed by atoms with Crippen LogP contribution in [0.15, 0.2) is 29.3 Å². The van der Waals surface area contributed by atoms with Gasteiger partial charge in [-0.05, 0) is 30.9 Å². The molecule has 1 unspecified atom stereocenters. The van der Waals surface area contributed by atoms with Gasteiger partial charge in [0.2, 0.25) is 0 Å². The molecule has 1 heterocycles. The number of benzene rings is 1. The predicted molar refractivity (Wildman–Crippen MR) is 101 cm³/mol. The van der Waals surface area contributed by atoms with E-state index < -0.39 is 11.0 Å². The van der Waals surface area contributed by atoms with E-state index in [1.807, 2.05) is 6.92 Å². The number of non-ortho nitro benzene ring substituents is 1. The van der Waals surface area contributed by atoms with Gasteiger partial charge in [-0.15, -0.1) is 0 Å². The molecule has 26 heavy (non-hydrogen) atoms. The Balaban J connectivity index is 1.85. The Morgan fingerprint density at radius 2 is 2.15 bits per heavy atom. The van der Waals surface area contributed by atoms with E-state index in [-0.39, 0.29) is 24.3 Å². The quantitative estimate of drug-likeness (QED) is 0.332. The predicted octanol–water partition coefficient (Wildman–Crippen LogP) is 2.03. The van der Waals surface area contributed by atoms with E-state index in [0.717, 1.165) is 32.0 Å². The maximum absolute atomic E-state index is 10.6. The van der Waals surface area contributed by atoms with E-state index in [0.29, 0.717) is 5.75 Å². The van der Waals surface area contributed by atoms with E-state index in [4.69, 9.17) is 4.74 Å². The molecule has 0 amide bonds. The van der Waals surface area contributed by atoms with Gasteiger partial charge < -0.3 is 20.1 Å². The second-order valence-corrected chi connectivity index (χ2v) is 7.25. The number of nitro benzene ring substituents is 1. The number of aliphatic hydroxyl groups excluding tert-OH is 1. The smallest absolute Gasteiger partial charge is 0.269 e. The molecule has 1 atom stereocenters. The number of likely N-dealkylation sites (tertiary alicyclic amines) is 1. The molecule has 1 fully saturated rings. The molecule has 1 aliphatic rings. The molecule has 8 nitrogen and oxygen atoms in total. The van der Waals surface area contributed by atoms with Crippen LogP contribution in [0.4, 0.5) is 5.69 Å². The van der Waals surface area contributed by atoms with Crippen LogP contribution in [0.1, 0.15) is 27.2 Å². The molecule has 144 valence electrons. The van der Waals surface area contributed by atoms with E-state index in [1.165, 1.54) is 24.3 Å². The minimum absolute atomic E-state index is 0.00585.